The van der Waals surface area contributed by atoms with Gasteiger partial charge in [-0.15, -0.1) is 0 Å². The van der Waals surface area contributed by atoms with Crippen molar-refractivity contribution in [1.29, 1.82) is 0 Å². The molecule has 0 fully saturated rings. The molecule has 0 spiro atoms. The molecule has 0 radical (unpaired) electrons. The van der Waals surface area contributed by atoms with Crippen LogP contribution in [0, 0.1) is 0 Å². The maximum Gasteiger partial charge on any atom is 0.122 e. The van der Waals surface area contributed by atoms with E-state index >= 15 is 0 Å². The number of ether oxygens (including phenoxy) is 1. The summed E-state index contributed by atoms with van der Waals surface area (Å²) in [6.45, 7) is 9.93. The number of benzene rings is 1. The Balaban J connectivity index is 2.81. The Kier molecular flexibility index (Phi) is 7.32. The van der Waals surface area contributed by atoms with Gasteiger partial charge in [0.15, 0.2) is 0 Å². The summed E-state index contributed by atoms with van der Waals surface area (Å²) in [4.78, 5) is 0. The van der Waals surface area contributed by atoms with Gasteiger partial charge in [0.05, 0.1) is 7.11 Å². The average Bonchev–Trinajstić information content (AvgIpc) is 2.42. The lowest BCUT2D eigenvalue weighted by atomic mass is 10.0. The average molecular weight is 281 g/mol. The second-order valence-corrected chi connectivity index (χ2v) is 6.67. The second kappa shape index (κ2) is 8.49. The summed E-state index contributed by atoms with van der Waals surface area (Å²) in [6, 6.07) is 6.93. The highest BCUT2D eigenvalue weighted by Gasteiger charge is 2.10. The minimum atomic E-state index is 0.397. The van der Waals surface area contributed by atoms with E-state index in [9.17, 15) is 0 Å². The molecule has 2 nitrogen and oxygen atoms in total. The number of methoxy groups -OCH3 is 1. The first-order chi connectivity index (χ1) is 9.08. The SMILES string of the molecule is CCCNC(C)c1ccc(OC)c(CSC(C)C)c1. The van der Waals surface area contributed by atoms with Crippen molar-refractivity contribution in [2.75, 3.05) is 13.7 Å². The minimum absolute atomic E-state index is 0.397. The zero-order chi connectivity index (χ0) is 14.3. The number of rotatable bonds is 8. The zero-order valence-electron chi connectivity index (χ0n) is 12.8. The fourth-order valence-corrected chi connectivity index (χ4v) is 2.65. The third-order valence-corrected chi connectivity index (χ3v) is 4.22. The molecule has 0 aromatic heterocycles. The highest BCUT2D eigenvalue weighted by atomic mass is 32.2. The molecule has 0 aliphatic carbocycles. The molecule has 1 unspecified atom stereocenters. The van der Waals surface area contributed by atoms with E-state index < -0.39 is 0 Å². The van der Waals surface area contributed by atoms with E-state index in [4.69, 9.17) is 4.74 Å². The van der Waals surface area contributed by atoms with Gasteiger partial charge in [-0.3, -0.25) is 0 Å². The highest BCUT2D eigenvalue weighted by molar-refractivity contribution is 7.99. The molecule has 0 aliphatic rings. The van der Waals surface area contributed by atoms with Crippen molar-refractivity contribution in [2.24, 2.45) is 0 Å². The number of nitrogens with one attached hydrogen (secondary N) is 1. The van der Waals surface area contributed by atoms with Crippen molar-refractivity contribution in [3.63, 3.8) is 0 Å². The summed E-state index contributed by atoms with van der Waals surface area (Å²) >= 11 is 1.95. The predicted molar refractivity (Wildman–Crippen MR) is 86.1 cm³/mol. The standard InChI is InChI=1S/C16H27NOS/c1-6-9-17-13(4)14-7-8-16(18-5)15(10-14)11-19-12(2)3/h7-8,10,12-13,17H,6,9,11H2,1-5H3. The van der Waals surface area contributed by atoms with Gasteiger partial charge in [0.25, 0.3) is 0 Å². The molecule has 1 aromatic carbocycles. The molecule has 0 amide bonds. The second-order valence-electron chi connectivity index (χ2n) is 5.11. The molecule has 0 bridgehead atoms. The van der Waals surface area contributed by atoms with Crippen LogP contribution in [0.5, 0.6) is 5.75 Å². The highest BCUT2D eigenvalue weighted by Crippen LogP contribution is 2.28. The van der Waals surface area contributed by atoms with Crippen LogP contribution in [0.25, 0.3) is 0 Å². The van der Waals surface area contributed by atoms with E-state index in [0.29, 0.717) is 11.3 Å². The van der Waals surface area contributed by atoms with Crippen molar-refractivity contribution in [3.8, 4) is 5.75 Å². The molecule has 1 atom stereocenters. The van der Waals surface area contributed by atoms with Gasteiger partial charge in [0.2, 0.25) is 0 Å². The third kappa shape index (κ3) is 5.45. The van der Waals surface area contributed by atoms with Gasteiger partial charge >= 0.3 is 0 Å². The maximum atomic E-state index is 5.46. The summed E-state index contributed by atoms with van der Waals surface area (Å²) in [5.74, 6) is 2.01. The van der Waals surface area contributed by atoms with Crippen LogP contribution >= 0.6 is 11.8 Å². The van der Waals surface area contributed by atoms with E-state index in [1.165, 1.54) is 11.1 Å². The van der Waals surface area contributed by atoms with E-state index in [2.05, 4.69) is 51.2 Å². The Bertz CT molecular complexity index is 379. The quantitative estimate of drug-likeness (QED) is 0.763. The van der Waals surface area contributed by atoms with Crippen molar-refractivity contribution in [2.45, 2.75) is 51.2 Å². The Hall–Kier alpha value is -0.670. The lowest BCUT2D eigenvalue weighted by molar-refractivity contribution is 0.411. The predicted octanol–water partition coefficient (Wildman–Crippen LogP) is 4.40. The lowest BCUT2D eigenvalue weighted by Gasteiger charge is -2.17. The van der Waals surface area contributed by atoms with E-state index in [1.54, 1.807) is 7.11 Å². The van der Waals surface area contributed by atoms with Crippen molar-refractivity contribution < 1.29 is 4.74 Å². The Morgan fingerprint density at radius 3 is 2.58 bits per heavy atom. The van der Waals surface area contributed by atoms with Crippen molar-refractivity contribution in [3.05, 3.63) is 29.3 Å². The van der Waals surface area contributed by atoms with Crippen LogP contribution in [0.1, 0.15) is 51.3 Å². The number of hydrogen-bond donors (Lipinski definition) is 1. The van der Waals surface area contributed by atoms with Gasteiger partial charge in [-0.1, -0.05) is 26.8 Å². The molecule has 0 saturated heterocycles. The molecule has 0 aliphatic heterocycles. The van der Waals surface area contributed by atoms with E-state index in [-0.39, 0.29) is 0 Å². The third-order valence-electron chi connectivity index (χ3n) is 3.08. The minimum Gasteiger partial charge on any atom is -0.496 e. The smallest absolute Gasteiger partial charge is 0.122 e. The molecule has 19 heavy (non-hydrogen) atoms. The summed E-state index contributed by atoms with van der Waals surface area (Å²) in [5, 5.41) is 4.17. The van der Waals surface area contributed by atoms with E-state index in [1.807, 2.05) is 11.8 Å². The van der Waals surface area contributed by atoms with Crippen molar-refractivity contribution in [1.82, 2.24) is 5.32 Å². The normalized spacial score (nSPS) is 12.7. The Morgan fingerprint density at radius 2 is 2.00 bits per heavy atom. The first kappa shape index (κ1) is 16.4. The van der Waals surface area contributed by atoms with Crippen LogP contribution in [0.15, 0.2) is 18.2 Å². The molecule has 1 rings (SSSR count). The van der Waals surface area contributed by atoms with Crippen molar-refractivity contribution >= 4 is 11.8 Å². The van der Waals surface area contributed by atoms with Gasteiger partial charge in [-0.2, -0.15) is 11.8 Å². The largest absolute Gasteiger partial charge is 0.496 e. The number of thioether (sulfide) groups is 1. The summed E-state index contributed by atoms with van der Waals surface area (Å²) < 4.78 is 5.46. The molecule has 1 N–H and O–H groups in total. The fourth-order valence-electron chi connectivity index (χ4n) is 1.92. The number of hydrogen-bond acceptors (Lipinski definition) is 3. The van der Waals surface area contributed by atoms with Gasteiger partial charge in [0.1, 0.15) is 5.75 Å². The molecular weight excluding hydrogens is 254 g/mol. The molecule has 0 heterocycles. The zero-order valence-corrected chi connectivity index (χ0v) is 13.6. The van der Waals surface area contributed by atoms with Crippen LogP contribution in [0.3, 0.4) is 0 Å². The van der Waals surface area contributed by atoms with Gasteiger partial charge < -0.3 is 10.1 Å². The first-order valence-electron chi connectivity index (χ1n) is 7.10. The fraction of sp³-hybridized carbons (Fsp3) is 0.625. The molecular formula is C16H27NOS. The van der Waals surface area contributed by atoms with Crippen LogP contribution in [0.4, 0.5) is 0 Å². The van der Waals surface area contributed by atoms with Gasteiger partial charge in [-0.05, 0) is 42.8 Å². The molecule has 108 valence electrons. The summed E-state index contributed by atoms with van der Waals surface area (Å²) in [6.07, 6.45) is 1.16. The van der Waals surface area contributed by atoms with Crippen LogP contribution in [-0.4, -0.2) is 18.9 Å². The molecule has 1 aromatic rings. The molecule has 3 heteroatoms. The Morgan fingerprint density at radius 1 is 1.26 bits per heavy atom. The monoisotopic (exact) mass is 281 g/mol. The summed E-state index contributed by atoms with van der Waals surface area (Å²) in [7, 11) is 1.75. The van der Waals surface area contributed by atoms with E-state index in [0.717, 1.165) is 24.5 Å². The summed E-state index contributed by atoms with van der Waals surface area (Å²) in [5.41, 5.74) is 2.64. The lowest BCUT2D eigenvalue weighted by Crippen LogP contribution is -2.19. The van der Waals surface area contributed by atoms with Gasteiger partial charge in [-0.25, -0.2) is 0 Å². The Labute approximate surface area is 122 Å². The van der Waals surface area contributed by atoms with Crippen LogP contribution in [0.2, 0.25) is 0 Å². The van der Waals surface area contributed by atoms with Crippen LogP contribution < -0.4 is 10.1 Å². The topological polar surface area (TPSA) is 21.3 Å². The maximum absolute atomic E-state index is 5.46. The first-order valence-corrected chi connectivity index (χ1v) is 8.15. The molecule has 0 saturated carbocycles. The van der Waals surface area contributed by atoms with Crippen LogP contribution in [-0.2, 0) is 5.75 Å². The van der Waals surface area contributed by atoms with Gasteiger partial charge in [0, 0.05) is 17.4 Å².